The SMILES string of the molecule is CC(C)(C)Cc1ccc(-c2sc3ncnc4c3c2C(C)(C)c2cc3ccccc3[c-]c2-4)cc1.CCC(CC)C(=O)/C=C(\O)C(CC)CC.[Ir]. The number of carbonyl (C=O) groups is 1. The molecule has 261 valence electrons. The number of fused-ring (bicyclic) bond motifs is 3. The second-order valence-corrected chi connectivity index (χ2v) is 15.9. The van der Waals surface area contributed by atoms with Crippen LogP contribution in [0.4, 0.5) is 0 Å². The summed E-state index contributed by atoms with van der Waals surface area (Å²) in [7, 11) is 0. The van der Waals surface area contributed by atoms with Gasteiger partial charge in [-0.2, -0.15) is 0 Å². The number of hydrogen-bond donors (Lipinski definition) is 1. The Morgan fingerprint density at radius 1 is 0.939 bits per heavy atom. The number of allylic oxidation sites excluding steroid dienone is 2. The van der Waals surface area contributed by atoms with Crippen LogP contribution in [0.2, 0.25) is 0 Å². The maximum absolute atomic E-state index is 11.7. The summed E-state index contributed by atoms with van der Waals surface area (Å²) in [6.45, 7) is 19.6. The molecule has 0 saturated heterocycles. The van der Waals surface area contributed by atoms with E-state index in [0.29, 0.717) is 0 Å². The number of aliphatic hydroxyl groups excluding tert-OH is 1. The summed E-state index contributed by atoms with van der Waals surface area (Å²) in [6.07, 6.45) is 7.69. The van der Waals surface area contributed by atoms with Crippen molar-refractivity contribution in [2.24, 2.45) is 17.3 Å². The molecule has 0 amide bonds. The van der Waals surface area contributed by atoms with Crippen molar-refractivity contribution >= 4 is 38.1 Å². The quantitative estimate of drug-likeness (QED) is 0.0911. The van der Waals surface area contributed by atoms with Gasteiger partial charge in [0, 0.05) is 54.0 Å². The standard InChI is InChI=1S/C30H27N2S.C13H24O2.Ir/c1-29(2,3)16-18-10-12-19(13-11-18)27-25-24-26(31-17-32-28(24)33-27)22-14-20-8-6-7-9-21(20)15-23(22)30(25,4)5;1-5-10(6-2)12(14)9-13(15)11(7-3)8-4;/h6-13,15,17H,16H2,1-5H3;9-11,14H,5-8H2,1-4H3;/q-1;;/b;12-9-;. The molecule has 0 unspecified atom stereocenters. The molecule has 0 bridgehead atoms. The Balaban J connectivity index is 0.000000290. The zero-order chi connectivity index (χ0) is 34.8. The molecular weight excluding hydrogens is 801 g/mol. The third kappa shape index (κ3) is 8.08. The maximum atomic E-state index is 11.7. The molecule has 1 radical (unpaired) electrons. The van der Waals surface area contributed by atoms with E-state index in [1.807, 2.05) is 27.7 Å². The van der Waals surface area contributed by atoms with E-state index in [2.05, 4.69) is 95.3 Å². The van der Waals surface area contributed by atoms with Gasteiger partial charge < -0.3 is 5.11 Å². The first-order chi connectivity index (χ1) is 22.8. The number of ketones is 1. The summed E-state index contributed by atoms with van der Waals surface area (Å²) in [6, 6.07) is 23.7. The van der Waals surface area contributed by atoms with Gasteiger partial charge in [0.25, 0.3) is 0 Å². The Bertz CT molecular complexity index is 1940. The summed E-state index contributed by atoms with van der Waals surface area (Å²) in [4.78, 5) is 23.5. The fraction of sp³-hybridized carbons (Fsp3) is 0.419. The number of aromatic nitrogens is 2. The van der Waals surface area contributed by atoms with Gasteiger partial charge in [-0.15, -0.1) is 34.9 Å². The van der Waals surface area contributed by atoms with Crippen molar-refractivity contribution in [3.8, 4) is 21.7 Å². The molecular formula is C43H51IrN2O2S-. The molecule has 1 aliphatic carbocycles. The van der Waals surface area contributed by atoms with Crippen molar-refractivity contribution in [1.29, 1.82) is 0 Å². The minimum absolute atomic E-state index is 0. The average molecular weight is 852 g/mol. The van der Waals surface area contributed by atoms with E-state index in [9.17, 15) is 9.90 Å². The third-order valence-electron chi connectivity index (χ3n) is 9.85. The van der Waals surface area contributed by atoms with Crippen molar-refractivity contribution in [3.63, 3.8) is 0 Å². The molecule has 6 rings (SSSR count). The molecule has 49 heavy (non-hydrogen) atoms. The summed E-state index contributed by atoms with van der Waals surface area (Å²) in [5.41, 5.74) is 7.51. The van der Waals surface area contributed by atoms with Gasteiger partial charge in [0.05, 0.1) is 5.76 Å². The van der Waals surface area contributed by atoms with Crippen LogP contribution in [0.5, 0.6) is 0 Å². The zero-order valence-corrected chi connectivity index (χ0v) is 33.7. The topological polar surface area (TPSA) is 63.1 Å². The van der Waals surface area contributed by atoms with Crippen molar-refractivity contribution in [1.82, 2.24) is 9.97 Å². The Kier molecular flexibility index (Phi) is 12.4. The van der Waals surface area contributed by atoms with E-state index in [1.165, 1.54) is 44.0 Å². The Morgan fingerprint density at radius 2 is 1.57 bits per heavy atom. The summed E-state index contributed by atoms with van der Waals surface area (Å²) < 4.78 is 0. The fourth-order valence-corrected chi connectivity index (χ4v) is 8.38. The van der Waals surface area contributed by atoms with Crippen LogP contribution < -0.4 is 0 Å². The Hall–Kier alpha value is -3.18. The molecule has 0 spiro atoms. The minimum atomic E-state index is -0.175. The summed E-state index contributed by atoms with van der Waals surface area (Å²) in [5.74, 6) is 0.547. The van der Waals surface area contributed by atoms with Crippen LogP contribution in [0.1, 0.15) is 105 Å². The molecule has 1 aliphatic rings. The molecule has 4 nitrogen and oxygen atoms in total. The smallest absolute Gasteiger partial charge is 0.162 e. The van der Waals surface area contributed by atoms with Crippen LogP contribution in [0, 0.1) is 23.3 Å². The molecule has 0 saturated carbocycles. The van der Waals surface area contributed by atoms with Gasteiger partial charge in [0.1, 0.15) is 11.2 Å². The van der Waals surface area contributed by atoms with Gasteiger partial charge in [0.2, 0.25) is 0 Å². The second kappa shape index (κ2) is 15.8. The van der Waals surface area contributed by atoms with Gasteiger partial charge >= 0.3 is 0 Å². The van der Waals surface area contributed by atoms with Crippen LogP contribution in [0.3, 0.4) is 0 Å². The largest absolute Gasteiger partial charge is 0.512 e. The number of benzene rings is 3. The number of rotatable bonds is 9. The number of carbonyl (C=O) groups excluding carboxylic acids is 1. The summed E-state index contributed by atoms with van der Waals surface area (Å²) in [5, 5.41) is 13.3. The molecule has 2 heterocycles. The van der Waals surface area contributed by atoms with Gasteiger partial charge in [-0.05, 0) is 59.6 Å². The van der Waals surface area contributed by atoms with Crippen molar-refractivity contribution in [3.05, 3.63) is 95.5 Å². The number of aliphatic hydroxyl groups is 1. The minimum Gasteiger partial charge on any atom is -0.512 e. The predicted molar refractivity (Wildman–Crippen MR) is 204 cm³/mol. The van der Waals surface area contributed by atoms with Crippen LogP contribution in [-0.2, 0) is 36.7 Å². The Morgan fingerprint density at radius 3 is 2.18 bits per heavy atom. The van der Waals surface area contributed by atoms with E-state index in [1.54, 1.807) is 17.7 Å². The van der Waals surface area contributed by atoms with E-state index >= 15 is 0 Å². The third-order valence-corrected chi connectivity index (χ3v) is 11.0. The number of hydrogen-bond acceptors (Lipinski definition) is 5. The fourth-order valence-electron chi connectivity index (χ4n) is 7.07. The van der Waals surface area contributed by atoms with Crippen molar-refractivity contribution in [2.75, 3.05) is 0 Å². The maximum Gasteiger partial charge on any atom is 0.162 e. The van der Waals surface area contributed by atoms with Crippen molar-refractivity contribution < 1.29 is 30.0 Å². The molecule has 5 aromatic rings. The van der Waals surface area contributed by atoms with Gasteiger partial charge in [-0.1, -0.05) is 121 Å². The molecule has 1 N–H and O–H groups in total. The van der Waals surface area contributed by atoms with E-state index in [0.717, 1.165) is 53.6 Å². The van der Waals surface area contributed by atoms with Crippen molar-refractivity contribution in [2.45, 2.75) is 99.8 Å². The molecule has 2 aromatic heterocycles. The monoisotopic (exact) mass is 852 g/mol. The molecule has 3 aromatic carbocycles. The normalized spacial score (nSPS) is 13.7. The molecule has 0 atom stereocenters. The molecule has 6 heteroatoms. The molecule has 0 fully saturated rings. The number of thiophene rings is 1. The average Bonchev–Trinajstić information content (AvgIpc) is 3.46. The first-order valence-electron chi connectivity index (χ1n) is 17.6. The van der Waals surface area contributed by atoms with E-state index < -0.39 is 0 Å². The van der Waals surface area contributed by atoms with Crippen LogP contribution in [0.25, 0.3) is 42.7 Å². The van der Waals surface area contributed by atoms with E-state index in [-0.39, 0.29) is 54.3 Å². The van der Waals surface area contributed by atoms with Gasteiger partial charge in [-0.3, -0.25) is 9.78 Å². The molecule has 0 aliphatic heterocycles. The Labute approximate surface area is 310 Å². The van der Waals surface area contributed by atoms with E-state index in [4.69, 9.17) is 9.97 Å². The van der Waals surface area contributed by atoms with Crippen LogP contribution in [0.15, 0.2) is 72.8 Å². The predicted octanol–water partition coefficient (Wildman–Crippen LogP) is 12.1. The van der Waals surface area contributed by atoms with Gasteiger partial charge in [0.15, 0.2) is 5.78 Å². The van der Waals surface area contributed by atoms with Crippen LogP contribution in [-0.4, -0.2) is 20.9 Å². The summed E-state index contributed by atoms with van der Waals surface area (Å²) >= 11 is 1.79. The second-order valence-electron chi connectivity index (χ2n) is 14.9. The number of nitrogens with zero attached hydrogens (tertiary/aromatic N) is 2. The first-order valence-corrected chi connectivity index (χ1v) is 18.4. The first kappa shape index (κ1) is 38.6. The van der Waals surface area contributed by atoms with Crippen LogP contribution >= 0.6 is 11.3 Å². The zero-order valence-electron chi connectivity index (χ0n) is 30.5. The van der Waals surface area contributed by atoms with Gasteiger partial charge in [-0.25, -0.2) is 4.98 Å².